The molecule has 0 aromatic carbocycles. The summed E-state index contributed by atoms with van der Waals surface area (Å²) in [6, 6.07) is 2.19. The summed E-state index contributed by atoms with van der Waals surface area (Å²) in [5.41, 5.74) is 0. The molecule has 0 saturated heterocycles. The van der Waals surface area contributed by atoms with E-state index in [-0.39, 0.29) is 0 Å². The van der Waals surface area contributed by atoms with Crippen LogP contribution in [0.4, 0.5) is 11.8 Å². The molecule has 0 saturated carbocycles. The average molecular weight is 294 g/mol. The minimum absolute atomic E-state index is 0.668. The molecule has 2 aromatic heterocycles. The normalized spacial score (nSPS) is 10.9. The van der Waals surface area contributed by atoms with Crippen LogP contribution in [0.15, 0.2) is 6.07 Å². The Kier molecular flexibility index (Phi) is 5.55. The molecule has 6 heteroatoms. The maximum atomic E-state index is 5.06. The molecular weight excluding hydrogens is 272 g/mol. The summed E-state index contributed by atoms with van der Waals surface area (Å²) in [6.45, 7) is 3.87. The van der Waals surface area contributed by atoms with E-state index in [1.165, 1.54) is 4.88 Å². The van der Waals surface area contributed by atoms with E-state index in [9.17, 15) is 0 Å². The van der Waals surface area contributed by atoms with Crippen LogP contribution in [0.25, 0.3) is 10.2 Å². The second-order valence-corrected chi connectivity index (χ2v) is 5.67. The van der Waals surface area contributed by atoms with E-state index in [1.807, 2.05) is 7.05 Å². The summed E-state index contributed by atoms with van der Waals surface area (Å²) in [7, 11) is 3.58. The van der Waals surface area contributed by atoms with E-state index in [0.717, 1.165) is 48.4 Å². The predicted molar refractivity (Wildman–Crippen MR) is 85.9 cm³/mol. The van der Waals surface area contributed by atoms with Crippen molar-refractivity contribution in [1.29, 1.82) is 0 Å². The van der Waals surface area contributed by atoms with Crippen molar-refractivity contribution >= 4 is 33.3 Å². The third-order valence-electron chi connectivity index (χ3n) is 3.08. The molecular formula is C14H22N4OS. The number of hydrogen-bond acceptors (Lipinski definition) is 6. The van der Waals surface area contributed by atoms with Crippen LogP contribution in [0.2, 0.25) is 0 Å². The fourth-order valence-corrected chi connectivity index (χ4v) is 2.94. The molecule has 0 radical (unpaired) electrons. The molecule has 2 aromatic rings. The second-order valence-electron chi connectivity index (χ2n) is 4.56. The Morgan fingerprint density at radius 1 is 1.30 bits per heavy atom. The van der Waals surface area contributed by atoms with E-state index in [2.05, 4.69) is 33.6 Å². The van der Waals surface area contributed by atoms with E-state index in [1.54, 1.807) is 18.4 Å². The first-order valence-electron chi connectivity index (χ1n) is 6.99. The minimum atomic E-state index is 0.668. The maximum Gasteiger partial charge on any atom is 0.225 e. The van der Waals surface area contributed by atoms with Crippen molar-refractivity contribution in [2.24, 2.45) is 0 Å². The summed E-state index contributed by atoms with van der Waals surface area (Å²) in [5.74, 6) is 1.59. The van der Waals surface area contributed by atoms with Gasteiger partial charge in [0.2, 0.25) is 5.95 Å². The fraction of sp³-hybridized carbons (Fsp3) is 0.571. The first-order chi connectivity index (χ1) is 9.78. The Hall–Kier alpha value is -1.40. The number of thiophene rings is 1. The molecule has 2 heterocycles. The molecule has 0 amide bonds. The van der Waals surface area contributed by atoms with E-state index in [4.69, 9.17) is 4.74 Å². The fourth-order valence-electron chi connectivity index (χ4n) is 1.97. The van der Waals surface area contributed by atoms with Crippen LogP contribution < -0.4 is 10.6 Å². The molecule has 110 valence electrons. The quantitative estimate of drug-likeness (QED) is 0.733. The number of hydrogen-bond donors (Lipinski definition) is 2. The van der Waals surface area contributed by atoms with Crippen LogP contribution >= 0.6 is 11.3 Å². The Bertz CT molecular complexity index is 555. The Labute approximate surface area is 123 Å². The third-order valence-corrected chi connectivity index (χ3v) is 4.26. The molecule has 0 atom stereocenters. The van der Waals surface area contributed by atoms with Gasteiger partial charge in [-0.15, -0.1) is 11.3 Å². The number of aryl methyl sites for hydroxylation is 1. The van der Waals surface area contributed by atoms with Gasteiger partial charge in [0.1, 0.15) is 10.6 Å². The van der Waals surface area contributed by atoms with Crippen LogP contribution in [-0.4, -0.2) is 37.3 Å². The zero-order valence-corrected chi connectivity index (χ0v) is 13.1. The van der Waals surface area contributed by atoms with Gasteiger partial charge in [-0.1, -0.05) is 6.92 Å². The lowest BCUT2D eigenvalue weighted by Gasteiger charge is -2.08. The first-order valence-corrected chi connectivity index (χ1v) is 7.81. The molecule has 0 bridgehead atoms. The van der Waals surface area contributed by atoms with Gasteiger partial charge in [-0.2, -0.15) is 4.98 Å². The molecule has 0 aliphatic carbocycles. The molecule has 20 heavy (non-hydrogen) atoms. The number of ether oxygens (including phenoxy) is 1. The van der Waals surface area contributed by atoms with Crippen LogP contribution in [0.1, 0.15) is 24.6 Å². The van der Waals surface area contributed by atoms with E-state index in [0.29, 0.717) is 5.95 Å². The van der Waals surface area contributed by atoms with Gasteiger partial charge in [-0.3, -0.25) is 0 Å². The highest BCUT2D eigenvalue weighted by Gasteiger charge is 2.10. The molecule has 0 unspecified atom stereocenters. The van der Waals surface area contributed by atoms with Crippen LogP contribution in [0, 0.1) is 0 Å². The molecule has 0 aliphatic heterocycles. The smallest absolute Gasteiger partial charge is 0.225 e. The summed E-state index contributed by atoms with van der Waals surface area (Å²) < 4.78 is 5.06. The van der Waals surface area contributed by atoms with Gasteiger partial charge in [-0.05, 0) is 25.3 Å². The molecule has 0 spiro atoms. The van der Waals surface area contributed by atoms with Gasteiger partial charge in [0.05, 0.1) is 5.39 Å². The minimum Gasteiger partial charge on any atom is -0.385 e. The van der Waals surface area contributed by atoms with E-state index >= 15 is 0 Å². The SMILES string of the molecule is CCc1cc2c(NCCCCOC)nc(NC)nc2s1. The third kappa shape index (κ3) is 3.58. The van der Waals surface area contributed by atoms with Crippen molar-refractivity contribution in [2.45, 2.75) is 26.2 Å². The van der Waals surface area contributed by atoms with Crippen molar-refractivity contribution in [3.63, 3.8) is 0 Å². The van der Waals surface area contributed by atoms with Gasteiger partial charge >= 0.3 is 0 Å². The van der Waals surface area contributed by atoms with Crippen molar-refractivity contribution < 1.29 is 4.74 Å². The highest BCUT2D eigenvalue weighted by Crippen LogP contribution is 2.30. The maximum absolute atomic E-state index is 5.06. The summed E-state index contributed by atoms with van der Waals surface area (Å²) in [4.78, 5) is 11.4. The van der Waals surface area contributed by atoms with Crippen molar-refractivity contribution in [3.05, 3.63) is 10.9 Å². The molecule has 0 aliphatic rings. The van der Waals surface area contributed by atoms with Gasteiger partial charge in [0, 0.05) is 32.2 Å². The summed E-state index contributed by atoms with van der Waals surface area (Å²) in [6.07, 6.45) is 3.16. The van der Waals surface area contributed by atoms with E-state index < -0.39 is 0 Å². The Morgan fingerprint density at radius 2 is 2.15 bits per heavy atom. The lowest BCUT2D eigenvalue weighted by atomic mass is 10.3. The molecule has 2 N–H and O–H groups in total. The standard InChI is InChI=1S/C14H22N4OS/c1-4-10-9-11-12(16-7-5-6-8-19-3)17-14(15-2)18-13(11)20-10/h9H,4-8H2,1-3H3,(H2,15,16,17,18). The lowest BCUT2D eigenvalue weighted by Crippen LogP contribution is -2.07. The summed E-state index contributed by atoms with van der Waals surface area (Å²) in [5, 5.41) is 7.56. The first kappa shape index (κ1) is 15.0. The van der Waals surface area contributed by atoms with Crippen LogP contribution in [0.3, 0.4) is 0 Å². The van der Waals surface area contributed by atoms with Gasteiger partial charge in [0.15, 0.2) is 0 Å². The number of unbranched alkanes of at least 4 members (excludes halogenated alkanes) is 1. The number of aromatic nitrogens is 2. The monoisotopic (exact) mass is 294 g/mol. The predicted octanol–water partition coefficient (Wildman–Crippen LogP) is 3.13. The Balaban J connectivity index is 2.14. The van der Waals surface area contributed by atoms with Crippen molar-refractivity contribution in [2.75, 3.05) is 37.9 Å². The molecule has 2 rings (SSSR count). The zero-order valence-electron chi connectivity index (χ0n) is 12.3. The van der Waals surface area contributed by atoms with Crippen molar-refractivity contribution in [1.82, 2.24) is 9.97 Å². The van der Waals surface area contributed by atoms with Crippen LogP contribution in [0.5, 0.6) is 0 Å². The number of fused-ring (bicyclic) bond motifs is 1. The lowest BCUT2D eigenvalue weighted by molar-refractivity contribution is 0.194. The van der Waals surface area contributed by atoms with Gasteiger partial charge in [0.25, 0.3) is 0 Å². The summed E-state index contributed by atoms with van der Waals surface area (Å²) >= 11 is 1.74. The Morgan fingerprint density at radius 3 is 2.85 bits per heavy atom. The average Bonchev–Trinajstić information content (AvgIpc) is 2.89. The highest BCUT2D eigenvalue weighted by molar-refractivity contribution is 7.18. The number of rotatable bonds is 8. The van der Waals surface area contributed by atoms with Gasteiger partial charge < -0.3 is 15.4 Å². The number of methoxy groups -OCH3 is 1. The number of anilines is 2. The largest absolute Gasteiger partial charge is 0.385 e. The van der Waals surface area contributed by atoms with Crippen molar-refractivity contribution in [3.8, 4) is 0 Å². The highest BCUT2D eigenvalue weighted by atomic mass is 32.1. The zero-order chi connectivity index (χ0) is 14.4. The van der Waals surface area contributed by atoms with Gasteiger partial charge in [-0.25, -0.2) is 4.98 Å². The molecule has 5 nitrogen and oxygen atoms in total. The number of nitrogens with one attached hydrogen (secondary N) is 2. The second kappa shape index (κ2) is 7.40. The molecule has 0 fully saturated rings. The van der Waals surface area contributed by atoms with Crippen LogP contribution in [-0.2, 0) is 11.2 Å². The topological polar surface area (TPSA) is 59.1 Å². The number of nitrogens with zero attached hydrogens (tertiary/aromatic N) is 2.